The van der Waals surface area contributed by atoms with E-state index in [9.17, 15) is 14.4 Å². The van der Waals surface area contributed by atoms with E-state index in [0.717, 1.165) is 22.6 Å². The molecule has 0 bridgehead atoms. The highest BCUT2D eigenvalue weighted by molar-refractivity contribution is 7.98. The van der Waals surface area contributed by atoms with Crippen molar-refractivity contribution in [2.75, 3.05) is 5.32 Å². The molecule has 27 heavy (non-hydrogen) atoms. The highest BCUT2D eigenvalue weighted by Gasteiger charge is 2.15. The molecule has 0 aliphatic carbocycles. The Hall–Kier alpha value is -2.83. The maximum Gasteiger partial charge on any atom is 0.286 e. The summed E-state index contributed by atoms with van der Waals surface area (Å²) in [4.78, 5) is 16.6. The fourth-order valence-electron chi connectivity index (χ4n) is 2.29. The Morgan fingerprint density at radius 2 is 2.04 bits per heavy atom. The topological polar surface area (TPSA) is 91.6 Å². The largest absolute Gasteiger partial charge is 0.320 e. The quantitative estimate of drug-likeness (QED) is 0.649. The fourth-order valence-corrected chi connectivity index (χ4v) is 4.11. The molecule has 0 aliphatic rings. The number of aromatic nitrogens is 3. The number of rotatable bonds is 5. The molecule has 0 saturated carbocycles. The molecule has 1 amide bonds. The number of benzene rings is 1. The molecule has 136 valence electrons. The summed E-state index contributed by atoms with van der Waals surface area (Å²) in [6.07, 6.45) is 0. The van der Waals surface area contributed by atoms with Crippen LogP contribution in [0.3, 0.4) is 0 Å². The van der Waals surface area contributed by atoms with Gasteiger partial charge in [-0.05, 0) is 49.7 Å². The fraction of sp³-hybridized carbons (Fsp3) is 0.167. The van der Waals surface area contributed by atoms with Crippen molar-refractivity contribution in [1.29, 1.82) is 5.26 Å². The van der Waals surface area contributed by atoms with E-state index in [2.05, 4.69) is 26.6 Å². The predicted molar refractivity (Wildman–Crippen MR) is 102 cm³/mol. The molecule has 3 rings (SSSR count). The van der Waals surface area contributed by atoms with E-state index < -0.39 is 5.91 Å². The van der Waals surface area contributed by atoms with E-state index in [1.54, 1.807) is 0 Å². The lowest BCUT2D eigenvalue weighted by atomic mass is 10.1. The summed E-state index contributed by atoms with van der Waals surface area (Å²) in [5, 5.41) is 21.4. The van der Waals surface area contributed by atoms with Gasteiger partial charge in [0.15, 0.2) is 0 Å². The standard InChI is InChI=1S/C18H14FN5OS2/c1-10-7-11(2)21-17(14(10)8-20)26-9-15-23-24-18(27-15)16(25)22-13-5-3-12(19)4-6-13/h3-7H,9H2,1-2H3,(H,22,25). The van der Waals surface area contributed by atoms with Crippen LogP contribution < -0.4 is 5.32 Å². The highest BCUT2D eigenvalue weighted by atomic mass is 32.2. The van der Waals surface area contributed by atoms with Crippen LogP contribution in [0.15, 0.2) is 35.4 Å². The van der Waals surface area contributed by atoms with Gasteiger partial charge in [-0.2, -0.15) is 5.26 Å². The molecule has 0 atom stereocenters. The third-order valence-electron chi connectivity index (χ3n) is 3.52. The van der Waals surface area contributed by atoms with Crippen LogP contribution in [-0.2, 0) is 5.75 Å². The van der Waals surface area contributed by atoms with Crippen molar-refractivity contribution in [3.8, 4) is 6.07 Å². The van der Waals surface area contributed by atoms with Crippen molar-refractivity contribution < 1.29 is 9.18 Å². The van der Waals surface area contributed by atoms with Crippen LogP contribution in [0.1, 0.15) is 31.6 Å². The number of pyridine rings is 1. The van der Waals surface area contributed by atoms with Crippen LogP contribution >= 0.6 is 23.1 Å². The van der Waals surface area contributed by atoms with Crippen molar-refractivity contribution in [2.45, 2.75) is 24.6 Å². The first kappa shape index (κ1) is 18.9. The number of carbonyl (C=O) groups excluding carboxylic acids is 1. The molecule has 0 unspecified atom stereocenters. The Kier molecular flexibility index (Phi) is 5.78. The zero-order valence-corrected chi connectivity index (χ0v) is 16.1. The second-order valence-electron chi connectivity index (χ2n) is 5.62. The molecule has 0 saturated heterocycles. The highest BCUT2D eigenvalue weighted by Crippen LogP contribution is 2.28. The van der Waals surface area contributed by atoms with Crippen LogP contribution in [0.5, 0.6) is 0 Å². The number of nitriles is 1. The first-order valence-corrected chi connectivity index (χ1v) is 9.67. The van der Waals surface area contributed by atoms with Gasteiger partial charge in [0, 0.05) is 11.4 Å². The van der Waals surface area contributed by atoms with Crippen LogP contribution in [0.4, 0.5) is 10.1 Å². The van der Waals surface area contributed by atoms with Gasteiger partial charge in [0.05, 0.1) is 11.3 Å². The summed E-state index contributed by atoms with van der Waals surface area (Å²) < 4.78 is 12.9. The number of carbonyl (C=O) groups is 1. The van der Waals surface area contributed by atoms with Gasteiger partial charge < -0.3 is 5.32 Å². The predicted octanol–water partition coefficient (Wildman–Crippen LogP) is 4.11. The Labute approximate surface area is 163 Å². The number of hydrogen-bond donors (Lipinski definition) is 1. The summed E-state index contributed by atoms with van der Waals surface area (Å²) in [6.45, 7) is 3.75. The van der Waals surface area contributed by atoms with Crippen molar-refractivity contribution in [3.63, 3.8) is 0 Å². The molecule has 0 fully saturated rings. The molecule has 9 heteroatoms. The van der Waals surface area contributed by atoms with E-state index in [1.165, 1.54) is 36.0 Å². The lowest BCUT2D eigenvalue weighted by molar-refractivity contribution is 0.102. The first-order valence-electron chi connectivity index (χ1n) is 7.86. The Balaban J connectivity index is 1.67. The third-order valence-corrected chi connectivity index (χ3v) is 5.61. The van der Waals surface area contributed by atoms with Gasteiger partial charge in [0.1, 0.15) is 21.9 Å². The minimum Gasteiger partial charge on any atom is -0.320 e. The monoisotopic (exact) mass is 399 g/mol. The van der Waals surface area contributed by atoms with E-state index in [0.29, 0.717) is 27.0 Å². The maximum absolute atomic E-state index is 12.9. The molecule has 0 spiro atoms. The zero-order chi connectivity index (χ0) is 19.4. The van der Waals surface area contributed by atoms with Gasteiger partial charge in [-0.15, -0.1) is 10.2 Å². The second kappa shape index (κ2) is 8.24. The van der Waals surface area contributed by atoms with E-state index in [-0.39, 0.29) is 10.8 Å². The van der Waals surface area contributed by atoms with E-state index in [4.69, 9.17) is 0 Å². The Bertz CT molecular complexity index is 1030. The number of hydrogen-bond acceptors (Lipinski definition) is 7. The minimum atomic E-state index is -0.405. The first-order chi connectivity index (χ1) is 13.0. The molecule has 1 aromatic carbocycles. The number of anilines is 1. The van der Waals surface area contributed by atoms with Gasteiger partial charge in [-0.1, -0.05) is 23.1 Å². The Morgan fingerprint density at radius 3 is 2.74 bits per heavy atom. The van der Waals surface area contributed by atoms with Crippen molar-refractivity contribution in [3.05, 3.63) is 63.0 Å². The lowest BCUT2D eigenvalue weighted by Gasteiger charge is -2.05. The zero-order valence-electron chi connectivity index (χ0n) is 14.5. The van der Waals surface area contributed by atoms with Gasteiger partial charge in [-0.3, -0.25) is 4.79 Å². The normalized spacial score (nSPS) is 10.4. The number of aryl methyl sites for hydroxylation is 2. The number of nitrogens with one attached hydrogen (secondary N) is 1. The van der Waals surface area contributed by atoms with Crippen LogP contribution in [-0.4, -0.2) is 21.1 Å². The van der Waals surface area contributed by atoms with E-state index in [1.807, 2.05) is 19.9 Å². The summed E-state index contributed by atoms with van der Waals surface area (Å²) in [7, 11) is 0. The van der Waals surface area contributed by atoms with Gasteiger partial charge in [-0.25, -0.2) is 9.37 Å². The van der Waals surface area contributed by atoms with Gasteiger partial charge >= 0.3 is 0 Å². The molecule has 6 nitrogen and oxygen atoms in total. The summed E-state index contributed by atoms with van der Waals surface area (Å²) in [5.74, 6) is -0.330. The summed E-state index contributed by atoms with van der Waals surface area (Å²) in [5.41, 5.74) is 2.74. The molecule has 2 heterocycles. The molecular formula is C18H14FN5OS2. The number of halogens is 1. The second-order valence-corrected chi connectivity index (χ2v) is 7.65. The van der Waals surface area contributed by atoms with E-state index >= 15 is 0 Å². The number of thioether (sulfide) groups is 1. The van der Waals surface area contributed by atoms with Crippen LogP contribution in [0, 0.1) is 31.0 Å². The van der Waals surface area contributed by atoms with Crippen molar-refractivity contribution in [1.82, 2.24) is 15.2 Å². The molecule has 0 aliphatic heterocycles. The van der Waals surface area contributed by atoms with Crippen LogP contribution in [0.2, 0.25) is 0 Å². The number of amides is 1. The smallest absolute Gasteiger partial charge is 0.286 e. The minimum absolute atomic E-state index is 0.212. The third kappa shape index (κ3) is 4.67. The number of nitrogens with zero attached hydrogens (tertiary/aromatic N) is 4. The summed E-state index contributed by atoms with van der Waals surface area (Å²) >= 11 is 2.55. The summed E-state index contributed by atoms with van der Waals surface area (Å²) in [6, 6.07) is 9.52. The van der Waals surface area contributed by atoms with Crippen molar-refractivity contribution >= 4 is 34.7 Å². The van der Waals surface area contributed by atoms with Gasteiger partial charge in [0.25, 0.3) is 5.91 Å². The molecular weight excluding hydrogens is 385 g/mol. The van der Waals surface area contributed by atoms with Gasteiger partial charge in [0.2, 0.25) is 5.01 Å². The molecule has 1 N–H and O–H groups in total. The average Bonchev–Trinajstić information content (AvgIpc) is 3.11. The SMILES string of the molecule is Cc1cc(C)c(C#N)c(SCc2nnc(C(=O)Nc3ccc(F)cc3)s2)n1. The molecule has 0 radical (unpaired) electrons. The average molecular weight is 399 g/mol. The molecule has 3 aromatic rings. The van der Waals surface area contributed by atoms with Crippen LogP contribution in [0.25, 0.3) is 0 Å². The lowest BCUT2D eigenvalue weighted by Crippen LogP contribution is -2.11. The maximum atomic E-state index is 12.9. The Morgan fingerprint density at radius 1 is 1.30 bits per heavy atom. The molecule has 2 aromatic heterocycles. The van der Waals surface area contributed by atoms with Crippen molar-refractivity contribution in [2.24, 2.45) is 0 Å².